The van der Waals surface area contributed by atoms with E-state index in [9.17, 15) is 14.4 Å². The standard InChI is InChI=1S/C27H27N3O5/c1-16-23-24(29-35-16)21-14-19(27(33)34-2)11-12-22(21)30(26(23)32)20-10-6-7-17(13-20)15-28-25(31)18-8-4-3-5-9-18/h3-5,8-9,11-12,14,17,20H,6-7,10,13,15H2,1-2H3,(H,28,31). The maximum absolute atomic E-state index is 13.7. The van der Waals surface area contributed by atoms with Crippen LogP contribution in [0.5, 0.6) is 0 Å². The van der Waals surface area contributed by atoms with E-state index >= 15 is 0 Å². The fourth-order valence-electron chi connectivity index (χ4n) is 5.19. The van der Waals surface area contributed by atoms with Crippen molar-refractivity contribution < 1.29 is 18.8 Å². The molecule has 2 heterocycles. The van der Waals surface area contributed by atoms with E-state index in [-0.39, 0.29) is 23.4 Å². The Hall–Kier alpha value is -3.94. The van der Waals surface area contributed by atoms with E-state index < -0.39 is 5.97 Å². The monoisotopic (exact) mass is 473 g/mol. The summed E-state index contributed by atoms with van der Waals surface area (Å²) >= 11 is 0. The van der Waals surface area contributed by atoms with Crippen LogP contribution in [0.15, 0.2) is 57.8 Å². The zero-order valence-corrected chi connectivity index (χ0v) is 19.7. The third-order valence-corrected chi connectivity index (χ3v) is 6.94. The number of aromatic nitrogens is 2. The Bertz CT molecular complexity index is 1470. The number of aryl methyl sites for hydroxylation is 1. The van der Waals surface area contributed by atoms with E-state index in [1.807, 2.05) is 22.8 Å². The average molecular weight is 474 g/mol. The zero-order valence-electron chi connectivity index (χ0n) is 19.7. The van der Waals surface area contributed by atoms with Crippen LogP contribution in [-0.4, -0.2) is 35.3 Å². The SMILES string of the molecule is COC(=O)c1ccc2c(c1)c1noc(C)c1c(=O)n2C1CCCC(CNC(=O)c2ccccc2)C1. The number of hydrogen-bond acceptors (Lipinski definition) is 6. The van der Waals surface area contributed by atoms with Gasteiger partial charge in [0.2, 0.25) is 0 Å². The van der Waals surface area contributed by atoms with Gasteiger partial charge in [-0.3, -0.25) is 9.59 Å². The number of carbonyl (C=O) groups is 2. The van der Waals surface area contributed by atoms with Gasteiger partial charge in [-0.2, -0.15) is 0 Å². The lowest BCUT2D eigenvalue weighted by Gasteiger charge is -2.31. The van der Waals surface area contributed by atoms with Crippen LogP contribution in [0, 0.1) is 12.8 Å². The molecule has 2 atom stereocenters. The second-order valence-corrected chi connectivity index (χ2v) is 9.12. The summed E-state index contributed by atoms with van der Waals surface area (Å²) in [6, 6.07) is 14.3. The highest BCUT2D eigenvalue weighted by atomic mass is 16.5. The number of ether oxygens (including phenoxy) is 1. The first kappa shape index (κ1) is 22.8. The predicted octanol–water partition coefficient (Wildman–Crippen LogP) is 4.40. The number of pyridine rings is 1. The highest BCUT2D eigenvalue weighted by molar-refractivity contribution is 6.06. The molecule has 1 aliphatic rings. The first-order valence-corrected chi connectivity index (χ1v) is 11.8. The van der Waals surface area contributed by atoms with E-state index in [1.54, 1.807) is 37.3 Å². The molecule has 35 heavy (non-hydrogen) atoms. The molecule has 5 rings (SSSR count). The van der Waals surface area contributed by atoms with Crippen LogP contribution < -0.4 is 10.9 Å². The molecule has 2 aromatic carbocycles. The summed E-state index contributed by atoms with van der Waals surface area (Å²) in [5.74, 6) is 0.153. The van der Waals surface area contributed by atoms with Gasteiger partial charge in [0.15, 0.2) is 0 Å². The van der Waals surface area contributed by atoms with Crippen molar-refractivity contribution in [3.63, 3.8) is 0 Å². The van der Waals surface area contributed by atoms with Crippen molar-refractivity contribution in [2.45, 2.75) is 38.6 Å². The van der Waals surface area contributed by atoms with Gasteiger partial charge in [-0.05, 0) is 62.4 Å². The Labute approximate surface area is 201 Å². The molecule has 1 aliphatic carbocycles. The summed E-state index contributed by atoms with van der Waals surface area (Å²) in [4.78, 5) is 38.3. The normalized spacial score (nSPS) is 18.0. The Morgan fingerprint density at radius 1 is 1.14 bits per heavy atom. The Morgan fingerprint density at radius 2 is 1.94 bits per heavy atom. The number of methoxy groups -OCH3 is 1. The number of carbonyl (C=O) groups excluding carboxylic acids is 2. The minimum absolute atomic E-state index is 0.0416. The summed E-state index contributed by atoms with van der Waals surface area (Å²) < 4.78 is 12.1. The van der Waals surface area contributed by atoms with Crippen LogP contribution in [0.2, 0.25) is 0 Å². The maximum Gasteiger partial charge on any atom is 0.337 e. The molecule has 2 unspecified atom stereocenters. The van der Waals surface area contributed by atoms with Crippen molar-refractivity contribution in [3.8, 4) is 0 Å². The average Bonchev–Trinajstić information content (AvgIpc) is 3.29. The van der Waals surface area contributed by atoms with Gasteiger partial charge in [0.1, 0.15) is 16.7 Å². The second kappa shape index (κ2) is 9.37. The molecule has 1 N–H and O–H groups in total. The van der Waals surface area contributed by atoms with E-state index in [2.05, 4.69) is 10.5 Å². The van der Waals surface area contributed by atoms with Gasteiger partial charge in [-0.25, -0.2) is 4.79 Å². The summed E-state index contributed by atoms with van der Waals surface area (Å²) in [5.41, 5.74) is 2.04. The third-order valence-electron chi connectivity index (χ3n) is 6.94. The summed E-state index contributed by atoms with van der Waals surface area (Å²) in [6.45, 7) is 2.28. The first-order valence-electron chi connectivity index (χ1n) is 11.8. The number of esters is 1. The van der Waals surface area contributed by atoms with Gasteiger partial charge in [0, 0.05) is 23.5 Å². The van der Waals surface area contributed by atoms with Crippen molar-refractivity contribution >= 4 is 33.7 Å². The van der Waals surface area contributed by atoms with E-state index in [1.165, 1.54) is 7.11 Å². The van der Waals surface area contributed by atoms with E-state index in [4.69, 9.17) is 9.26 Å². The van der Waals surface area contributed by atoms with Crippen LogP contribution in [0.1, 0.15) is 58.2 Å². The fourth-order valence-corrected chi connectivity index (χ4v) is 5.19. The molecule has 0 saturated heterocycles. The number of amides is 1. The molecule has 0 radical (unpaired) electrons. The molecule has 0 aliphatic heterocycles. The molecule has 8 heteroatoms. The van der Waals surface area contributed by atoms with Gasteiger partial charge in [-0.1, -0.05) is 29.8 Å². The number of nitrogens with one attached hydrogen (secondary N) is 1. The number of benzene rings is 2. The molecule has 180 valence electrons. The number of nitrogens with zero attached hydrogens (tertiary/aromatic N) is 2. The van der Waals surface area contributed by atoms with Gasteiger partial charge in [0.05, 0.1) is 18.2 Å². The molecule has 1 saturated carbocycles. The van der Waals surface area contributed by atoms with Gasteiger partial charge in [-0.15, -0.1) is 0 Å². The van der Waals surface area contributed by atoms with Crippen LogP contribution in [0.4, 0.5) is 0 Å². The van der Waals surface area contributed by atoms with Gasteiger partial charge in [0.25, 0.3) is 11.5 Å². The summed E-state index contributed by atoms with van der Waals surface area (Å²) in [5, 5.41) is 8.28. The van der Waals surface area contributed by atoms with Crippen LogP contribution >= 0.6 is 0 Å². The quantitative estimate of drug-likeness (QED) is 0.431. The summed E-state index contributed by atoms with van der Waals surface area (Å²) in [6.07, 6.45) is 3.55. The smallest absolute Gasteiger partial charge is 0.337 e. The molecule has 1 amide bonds. The number of fused-ring (bicyclic) bond motifs is 3. The molecular formula is C27H27N3O5. The molecule has 4 aromatic rings. The van der Waals surface area contributed by atoms with Crippen LogP contribution in [0.25, 0.3) is 21.8 Å². The lowest BCUT2D eigenvalue weighted by atomic mass is 9.85. The Kier molecular flexibility index (Phi) is 6.11. The maximum atomic E-state index is 13.7. The number of hydrogen-bond donors (Lipinski definition) is 1. The lowest BCUT2D eigenvalue weighted by Crippen LogP contribution is -2.34. The first-order chi connectivity index (χ1) is 17.0. The molecule has 8 nitrogen and oxygen atoms in total. The highest BCUT2D eigenvalue weighted by Gasteiger charge is 2.28. The minimum atomic E-state index is -0.454. The number of rotatable bonds is 5. The second-order valence-electron chi connectivity index (χ2n) is 9.12. The van der Waals surface area contributed by atoms with Crippen molar-refractivity contribution in [2.24, 2.45) is 5.92 Å². The highest BCUT2D eigenvalue weighted by Crippen LogP contribution is 2.35. The van der Waals surface area contributed by atoms with E-state index in [0.29, 0.717) is 45.2 Å². The van der Waals surface area contributed by atoms with E-state index in [0.717, 1.165) is 25.7 Å². The van der Waals surface area contributed by atoms with Crippen molar-refractivity contribution in [2.75, 3.05) is 13.7 Å². The van der Waals surface area contributed by atoms with Gasteiger partial charge < -0.3 is 19.1 Å². The molecule has 0 bridgehead atoms. The van der Waals surface area contributed by atoms with Crippen molar-refractivity contribution in [1.29, 1.82) is 0 Å². The molecular weight excluding hydrogens is 446 g/mol. The Morgan fingerprint density at radius 3 is 2.71 bits per heavy atom. The topological polar surface area (TPSA) is 103 Å². The largest absolute Gasteiger partial charge is 0.465 e. The third kappa shape index (κ3) is 4.20. The predicted molar refractivity (Wildman–Crippen MR) is 132 cm³/mol. The summed E-state index contributed by atoms with van der Waals surface area (Å²) in [7, 11) is 1.34. The molecule has 2 aromatic heterocycles. The van der Waals surface area contributed by atoms with Crippen molar-refractivity contribution in [1.82, 2.24) is 15.0 Å². The Balaban J connectivity index is 1.49. The minimum Gasteiger partial charge on any atom is -0.465 e. The zero-order chi connectivity index (χ0) is 24.5. The molecule has 1 fully saturated rings. The van der Waals surface area contributed by atoms with Gasteiger partial charge >= 0.3 is 5.97 Å². The van der Waals surface area contributed by atoms with Crippen LogP contribution in [0.3, 0.4) is 0 Å². The van der Waals surface area contributed by atoms with Crippen molar-refractivity contribution in [3.05, 3.63) is 75.8 Å². The lowest BCUT2D eigenvalue weighted by molar-refractivity contribution is 0.0600. The molecule has 0 spiro atoms. The van der Waals surface area contributed by atoms with Crippen LogP contribution in [-0.2, 0) is 4.74 Å². The fraction of sp³-hybridized carbons (Fsp3) is 0.333.